The van der Waals surface area contributed by atoms with Gasteiger partial charge in [-0.15, -0.1) is 11.3 Å². The molecular formula is C21H20FN3O4S. The van der Waals surface area contributed by atoms with E-state index in [1.165, 1.54) is 23.5 Å². The summed E-state index contributed by atoms with van der Waals surface area (Å²) in [5.74, 6) is -0.279. The fourth-order valence-electron chi connectivity index (χ4n) is 2.48. The number of hydrogen-bond donors (Lipinski definition) is 2. The van der Waals surface area contributed by atoms with Crippen LogP contribution >= 0.6 is 11.3 Å². The van der Waals surface area contributed by atoms with Gasteiger partial charge in [0.2, 0.25) is 5.91 Å². The van der Waals surface area contributed by atoms with Crippen LogP contribution in [0.25, 0.3) is 10.6 Å². The van der Waals surface area contributed by atoms with Crippen molar-refractivity contribution < 1.29 is 23.5 Å². The highest BCUT2D eigenvalue weighted by Crippen LogP contribution is 2.26. The molecule has 2 amide bonds. The van der Waals surface area contributed by atoms with E-state index in [1.807, 2.05) is 6.92 Å². The Kier molecular flexibility index (Phi) is 7.34. The van der Waals surface area contributed by atoms with Gasteiger partial charge < -0.3 is 9.47 Å². The summed E-state index contributed by atoms with van der Waals surface area (Å²) in [6, 6.07) is 13.0. The number of halogens is 1. The Bertz CT molecular complexity index is 1010. The van der Waals surface area contributed by atoms with E-state index in [0.717, 1.165) is 5.56 Å². The van der Waals surface area contributed by atoms with Crippen LogP contribution in [-0.4, -0.2) is 30.0 Å². The topological polar surface area (TPSA) is 89.5 Å². The van der Waals surface area contributed by atoms with Gasteiger partial charge in [0.15, 0.2) is 18.1 Å². The normalized spacial score (nSPS) is 10.3. The predicted molar refractivity (Wildman–Crippen MR) is 111 cm³/mol. The number of hydrazine groups is 1. The second kappa shape index (κ2) is 10.4. The summed E-state index contributed by atoms with van der Waals surface area (Å²) in [6.45, 7) is 2.04. The third kappa shape index (κ3) is 6.02. The Balaban J connectivity index is 1.44. The maximum Gasteiger partial charge on any atom is 0.276 e. The zero-order valence-electron chi connectivity index (χ0n) is 16.2. The molecule has 0 bridgehead atoms. The maximum atomic E-state index is 13.0. The second-order valence-electron chi connectivity index (χ2n) is 6.09. The minimum atomic E-state index is -0.514. The van der Waals surface area contributed by atoms with Gasteiger partial charge in [-0.2, -0.15) is 0 Å². The van der Waals surface area contributed by atoms with E-state index in [1.54, 1.807) is 41.8 Å². The SMILES string of the molecule is CCOc1ccccc1OCC(=O)NNC(=O)Cc1csc(-c2ccc(F)cc2)n1. The molecule has 0 radical (unpaired) electrons. The van der Waals surface area contributed by atoms with Crippen LogP contribution in [0, 0.1) is 5.82 Å². The lowest BCUT2D eigenvalue weighted by Gasteiger charge is -2.11. The molecule has 0 fully saturated rings. The van der Waals surface area contributed by atoms with Crippen molar-refractivity contribution >= 4 is 23.2 Å². The molecule has 0 aliphatic heterocycles. The smallest absolute Gasteiger partial charge is 0.276 e. The van der Waals surface area contributed by atoms with Crippen molar-refractivity contribution in [1.82, 2.24) is 15.8 Å². The molecule has 0 saturated carbocycles. The zero-order chi connectivity index (χ0) is 21.3. The fraction of sp³-hybridized carbons (Fsp3) is 0.190. The van der Waals surface area contributed by atoms with Crippen LogP contribution in [0.2, 0.25) is 0 Å². The Morgan fingerprint density at radius 3 is 2.37 bits per heavy atom. The lowest BCUT2D eigenvalue weighted by Crippen LogP contribution is -2.44. The average Bonchev–Trinajstić information content (AvgIpc) is 3.20. The largest absolute Gasteiger partial charge is 0.490 e. The zero-order valence-corrected chi connectivity index (χ0v) is 17.0. The van der Waals surface area contributed by atoms with Gasteiger partial charge >= 0.3 is 0 Å². The molecule has 2 N–H and O–H groups in total. The Morgan fingerprint density at radius 1 is 1.00 bits per heavy atom. The maximum absolute atomic E-state index is 13.0. The molecule has 0 unspecified atom stereocenters. The van der Waals surface area contributed by atoms with Crippen molar-refractivity contribution in [2.75, 3.05) is 13.2 Å². The van der Waals surface area contributed by atoms with Crippen molar-refractivity contribution in [2.24, 2.45) is 0 Å². The predicted octanol–water partition coefficient (Wildman–Crippen LogP) is 3.12. The summed E-state index contributed by atoms with van der Waals surface area (Å²) in [7, 11) is 0. The second-order valence-corrected chi connectivity index (χ2v) is 6.95. The van der Waals surface area contributed by atoms with Crippen molar-refractivity contribution in [1.29, 1.82) is 0 Å². The average molecular weight is 429 g/mol. The summed E-state index contributed by atoms with van der Waals surface area (Å²) in [5.41, 5.74) is 5.95. The number of aromatic nitrogens is 1. The molecule has 3 rings (SSSR count). The van der Waals surface area contributed by atoms with Gasteiger partial charge in [-0.3, -0.25) is 20.4 Å². The number of amides is 2. The third-order valence-electron chi connectivity index (χ3n) is 3.83. The van der Waals surface area contributed by atoms with Crippen molar-refractivity contribution in [3.05, 3.63) is 65.4 Å². The van der Waals surface area contributed by atoms with E-state index in [0.29, 0.717) is 28.8 Å². The molecule has 7 nitrogen and oxygen atoms in total. The standard InChI is InChI=1S/C21H20FN3O4S/c1-2-28-17-5-3-4-6-18(17)29-12-20(27)25-24-19(26)11-16-13-30-21(23-16)14-7-9-15(22)10-8-14/h3-10,13H,2,11-12H2,1H3,(H,24,26)(H,25,27). The number of benzene rings is 2. The van der Waals surface area contributed by atoms with Crippen molar-refractivity contribution in [3.8, 4) is 22.1 Å². The molecule has 0 atom stereocenters. The minimum Gasteiger partial charge on any atom is -0.490 e. The Labute approximate surface area is 176 Å². The van der Waals surface area contributed by atoms with Crippen LogP contribution in [-0.2, 0) is 16.0 Å². The van der Waals surface area contributed by atoms with Crippen molar-refractivity contribution in [3.63, 3.8) is 0 Å². The minimum absolute atomic E-state index is 0.00793. The molecule has 0 saturated heterocycles. The first-order valence-corrected chi connectivity index (χ1v) is 10.1. The van der Waals surface area contributed by atoms with Gasteiger partial charge in [0.1, 0.15) is 10.8 Å². The van der Waals surface area contributed by atoms with E-state index >= 15 is 0 Å². The van der Waals surface area contributed by atoms with E-state index in [9.17, 15) is 14.0 Å². The van der Waals surface area contributed by atoms with Crippen LogP contribution in [0.5, 0.6) is 11.5 Å². The van der Waals surface area contributed by atoms with Crippen LogP contribution < -0.4 is 20.3 Å². The van der Waals surface area contributed by atoms with E-state index in [-0.39, 0.29) is 18.8 Å². The Morgan fingerprint density at radius 2 is 1.67 bits per heavy atom. The quantitative estimate of drug-likeness (QED) is 0.537. The first-order chi connectivity index (χ1) is 14.5. The van der Waals surface area contributed by atoms with Gasteiger partial charge in [0.25, 0.3) is 5.91 Å². The lowest BCUT2D eigenvalue weighted by molar-refractivity contribution is -0.129. The van der Waals surface area contributed by atoms with E-state index < -0.39 is 11.8 Å². The molecule has 2 aromatic carbocycles. The number of para-hydroxylation sites is 2. The summed E-state index contributed by atoms with van der Waals surface area (Å²) in [5, 5.41) is 2.43. The van der Waals surface area contributed by atoms with Gasteiger partial charge in [-0.05, 0) is 43.3 Å². The molecule has 1 heterocycles. The highest BCUT2D eigenvalue weighted by atomic mass is 32.1. The number of carbonyl (C=O) groups is 2. The number of nitrogens with zero attached hydrogens (tertiary/aromatic N) is 1. The van der Waals surface area contributed by atoms with Gasteiger partial charge in [0, 0.05) is 10.9 Å². The van der Waals surface area contributed by atoms with E-state index in [2.05, 4.69) is 15.8 Å². The molecule has 0 aliphatic rings. The summed E-state index contributed by atoms with van der Waals surface area (Å²) < 4.78 is 23.9. The first kappa shape index (κ1) is 21.3. The molecule has 1 aromatic heterocycles. The molecule has 156 valence electrons. The number of carbonyl (C=O) groups excluding carboxylic acids is 2. The summed E-state index contributed by atoms with van der Waals surface area (Å²) in [6.07, 6.45) is -0.00793. The van der Waals surface area contributed by atoms with Gasteiger partial charge in [0.05, 0.1) is 18.7 Å². The molecule has 30 heavy (non-hydrogen) atoms. The van der Waals surface area contributed by atoms with Gasteiger partial charge in [-0.1, -0.05) is 12.1 Å². The lowest BCUT2D eigenvalue weighted by atomic mass is 10.2. The van der Waals surface area contributed by atoms with Crippen LogP contribution in [0.15, 0.2) is 53.9 Å². The van der Waals surface area contributed by atoms with E-state index in [4.69, 9.17) is 9.47 Å². The molecular weight excluding hydrogens is 409 g/mol. The molecule has 3 aromatic rings. The number of rotatable bonds is 8. The summed E-state index contributed by atoms with van der Waals surface area (Å²) >= 11 is 1.35. The number of hydrogen-bond acceptors (Lipinski definition) is 6. The van der Waals surface area contributed by atoms with Gasteiger partial charge in [-0.25, -0.2) is 9.37 Å². The third-order valence-corrected chi connectivity index (χ3v) is 4.77. The first-order valence-electron chi connectivity index (χ1n) is 9.18. The van der Waals surface area contributed by atoms with Crippen LogP contribution in [0.3, 0.4) is 0 Å². The number of ether oxygens (including phenoxy) is 2. The fourth-order valence-corrected chi connectivity index (χ4v) is 3.31. The van der Waals surface area contributed by atoms with Crippen molar-refractivity contribution in [2.45, 2.75) is 13.3 Å². The summed E-state index contributed by atoms with van der Waals surface area (Å²) in [4.78, 5) is 28.3. The number of nitrogens with one attached hydrogen (secondary N) is 2. The number of thiazole rings is 1. The molecule has 9 heteroatoms. The highest BCUT2D eigenvalue weighted by Gasteiger charge is 2.11. The molecule has 0 spiro atoms. The Hall–Kier alpha value is -3.46. The van der Waals surface area contributed by atoms with Crippen LogP contribution in [0.4, 0.5) is 4.39 Å². The highest BCUT2D eigenvalue weighted by molar-refractivity contribution is 7.13. The molecule has 0 aliphatic carbocycles. The van der Waals surface area contributed by atoms with Crippen LogP contribution in [0.1, 0.15) is 12.6 Å². The monoisotopic (exact) mass is 429 g/mol.